The number of nitrogens with zero attached hydrogens (tertiary/aromatic N) is 1. The van der Waals surface area contributed by atoms with Gasteiger partial charge in [-0.3, -0.25) is 9.78 Å². The van der Waals surface area contributed by atoms with Crippen molar-refractivity contribution in [1.29, 1.82) is 0 Å². The van der Waals surface area contributed by atoms with Gasteiger partial charge >= 0.3 is 0 Å². The molecule has 1 aromatic heterocycles. The van der Waals surface area contributed by atoms with E-state index in [1.54, 1.807) is 0 Å². The van der Waals surface area contributed by atoms with E-state index in [-0.39, 0.29) is 5.95 Å². The standard InChI is InChI=1S/C7H8FN3O3/c1-3(6(13)14)9-7-10-4(8)2-5(12)11-7/h2-3H,1H3,(H,13,14)(H2,9,10,11,12)/p-1/t3-/m0/s1. The summed E-state index contributed by atoms with van der Waals surface area (Å²) in [5.41, 5.74) is -0.703. The monoisotopic (exact) mass is 200 g/mol. The fourth-order valence-electron chi connectivity index (χ4n) is 0.760. The third kappa shape index (κ3) is 2.54. The summed E-state index contributed by atoms with van der Waals surface area (Å²) in [6.07, 6.45) is 0. The zero-order chi connectivity index (χ0) is 10.7. The second-order valence-electron chi connectivity index (χ2n) is 2.60. The number of nitrogens with one attached hydrogen (secondary N) is 2. The number of aromatic amines is 1. The number of carbonyl (C=O) groups is 1. The van der Waals surface area contributed by atoms with E-state index < -0.39 is 23.5 Å². The van der Waals surface area contributed by atoms with Gasteiger partial charge in [0.2, 0.25) is 11.9 Å². The molecule has 0 aliphatic rings. The Bertz CT molecular complexity index is 403. The molecule has 1 atom stereocenters. The van der Waals surface area contributed by atoms with Gasteiger partial charge in [0.25, 0.3) is 5.56 Å². The van der Waals surface area contributed by atoms with Crippen LogP contribution in [-0.4, -0.2) is 22.0 Å². The molecule has 0 saturated heterocycles. The van der Waals surface area contributed by atoms with Crippen molar-refractivity contribution in [2.24, 2.45) is 0 Å². The van der Waals surface area contributed by atoms with Crippen molar-refractivity contribution in [3.05, 3.63) is 22.4 Å². The fourth-order valence-corrected chi connectivity index (χ4v) is 0.760. The molecular weight excluding hydrogens is 193 g/mol. The largest absolute Gasteiger partial charge is 0.548 e. The lowest BCUT2D eigenvalue weighted by molar-refractivity contribution is -0.306. The summed E-state index contributed by atoms with van der Waals surface area (Å²) in [6, 6.07) is -0.422. The maximum atomic E-state index is 12.5. The number of carboxylic acid groups (broad SMARTS) is 1. The van der Waals surface area contributed by atoms with Crippen molar-refractivity contribution in [2.75, 3.05) is 5.32 Å². The molecule has 2 N–H and O–H groups in total. The summed E-state index contributed by atoms with van der Waals surface area (Å²) in [5.74, 6) is -2.61. The Morgan fingerprint density at radius 3 is 2.93 bits per heavy atom. The summed E-state index contributed by atoms with van der Waals surface area (Å²) in [7, 11) is 0. The molecule has 0 aromatic carbocycles. The molecule has 0 amide bonds. The molecule has 7 heteroatoms. The van der Waals surface area contributed by atoms with Gasteiger partial charge in [0.05, 0.1) is 18.1 Å². The zero-order valence-electron chi connectivity index (χ0n) is 7.20. The maximum absolute atomic E-state index is 12.5. The van der Waals surface area contributed by atoms with E-state index in [0.717, 1.165) is 0 Å². The number of aromatic nitrogens is 2. The lowest BCUT2D eigenvalue weighted by Gasteiger charge is -2.14. The van der Waals surface area contributed by atoms with E-state index in [2.05, 4.69) is 15.3 Å². The molecule has 0 fully saturated rings. The molecule has 1 rings (SSSR count). The highest BCUT2D eigenvalue weighted by molar-refractivity contribution is 5.73. The van der Waals surface area contributed by atoms with E-state index in [1.165, 1.54) is 6.92 Å². The van der Waals surface area contributed by atoms with Crippen LogP contribution in [0.4, 0.5) is 10.3 Å². The van der Waals surface area contributed by atoms with Gasteiger partial charge in [-0.05, 0) is 6.92 Å². The van der Waals surface area contributed by atoms with Crippen molar-refractivity contribution in [1.82, 2.24) is 9.97 Å². The SMILES string of the molecule is C[C@H](Nc1nc(F)cc(=O)[nH]1)C(=O)[O-]. The maximum Gasteiger partial charge on any atom is 0.255 e. The second kappa shape index (κ2) is 3.86. The number of halogens is 1. The average molecular weight is 200 g/mol. The summed E-state index contributed by atoms with van der Waals surface area (Å²) in [6.45, 7) is 1.28. The van der Waals surface area contributed by atoms with Gasteiger partial charge in [0.15, 0.2) is 0 Å². The number of hydrogen-bond acceptors (Lipinski definition) is 5. The highest BCUT2D eigenvalue weighted by atomic mass is 19.1. The van der Waals surface area contributed by atoms with Crippen LogP contribution in [0.1, 0.15) is 6.92 Å². The Morgan fingerprint density at radius 1 is 1.79 bits per heavy atom. The molecule has 0 spiro atoms. The van der Waals surface area contributed by atoms with Crippen molar-refractivity contribution in [3.63, 3.8) is 0 Å². The van der Waals surface area contributed by atoms with Gasteiger partial charge < -0.3 is 15.2 Å². The molecule has 6 nitrogen and oxygen atoms in total. The average Bonchev–Trinajstić information content (AvgIpc) is 2.01. The molecule has 0 aliphatic carbocycles. The minimum Gasteiger partial charge on any atom is -0.548 e. The van der Waals surface area contributed by atoms with E-state index in [9.17, 15) is 19.1 Å². The van der Waals surface area contributed by atoms with Crippen LogP contribution in [0.3, 0.4) is 0 Å². The van der Waals surface area contributed by atoms with E-state index in [0.29, 0.717) is 6.07 Å². The van der Waals surface area contributed by atoms with Crippen LogP contribution >= 0.6 is 0 Å². The van der Waals surface area contributed by atoms with Crippen LogP contribution in [0.25, 0.3) is 0 Å². The van der Waals surface area contributed by atoms with E-state index in [1.807, 2.05) is 0 Å². The molecule has 76 valence electrons. The van der Waals surface area contributed by atoms with Gasteiger partial charge in [0, 0.05) is 0 Å². The number of hydrogen-bond donors (Lipinski definition) is 2. The van der Waals surface area contributed by atoms with Gasteiger partial charge in [-0.15, -0.1) is 0 Å². The molecule has 14 heavy (non-hydrogen) atoms. The Labute approximate surface area is 77.8 Å². The number of carbonyl (C=O) groups excluding carboxylic acids is 1. The molecule has 1 aromatic rings. The smallest absolute Gasteiger partial charge is 0.255 e. The van der Waals surface area contributed by atoms with Gasteiger partial charge in [0.1, 0.15) is 0 Å². The lowest BCUT2D eigenvalue weighted by atomic mass is 10.3. The van der Waals surface area contributed by atoms with Gasteiger partial charge in [-0.25, -0.2) is 0 Å². The van der Waals surface area contributed by atoms with Crippen molar-refractivity contribution in [2.45, 2.75) is 13.0 Å². The van der Waals surface area contributed by atoms with Crippen LogP contribution in [0.5, 0.6) is 0 Å². The Morgan fingerprint density at radius 2 is 2.43 bits per heavy atom. The molecular formula is C7H7FN3O3-. The highest BCUT2D eigenvalue weighted by Crippen LogP contribution is 1.97. The first kappa shape index (κ1) is 10.2. The van der Waals surface area contributed by atoms with Crippen LogP contribution < -0.4 is 16.0 Å². The number of aliphatic carboxylic acids is 1. The zero-order valence-corrected chi connectivity index (χ0v) is 7.20. The number of carboxylic acids is 1. The third-order valence-corrected chi connectivity index (χ3v) is 1.42. The van der Waals surface area contributed by atoms with Gasteiger partial charge in [-0.2, -0.15) is 9.37 Å². The normalized spacial score (nSPS) is 12.1. The summed E-state index contributed by atoms with van der Waals surface area (Å²) in [4.78, 5) is 26.4. The topological polar surface area (TPSA) is 97.9 Å². The first-order valence-electron chi connectivity index (χ1n) is 3.73. The summed E-state index contributed by atoms with van der Waals surface area (Å²) in [5, 5.41) is 12.5. The minimum atomic E-state index is -1.38. The Kier molecular flexibility index (Phi) is 2.80. The van der Waals surface area contributed by atoms with Crippen molar-refractivity contribution < 1.29 is 14.3 Å². The molecule has 0 unspecified atom stereocenters. The predicted octanol–water partition coefficient (Wildman–Crippen LogP) is -1.54. The Hall–Kier alpha value is -1.92. The van der Waals surface area contributed by atoms with Crippen LogP contribution in [-0.2, 0) is 4.79 Å². The number of anilines is 1. The first-order valence-corrected chi connectivity index (χ1v) is 3.73. The van der Waals surface area contributed by atoms with Crippen LogP contribution in [0.2, 0.25) is 0 Å². The van der Waals surface area contributed by atoms with Crippen molar-refractivity contribution >= 4 is 11.9 Å². The van der Waals surface area contributed by atoms with Crippen LogP contribution in [0.15, 0.2) is 10.9 Å². The number of H-pyrrole nitrogens is 1. The third-order valence-electron chi connectivity index (χ3n) is 1.42. The minimum absolute atomic E-state index is 0.244. The van der Waals surface area contributed by atoms with Gasteiger partial charge in [-0.1, -0.05) is 0 Å². The molecule has 1 heterocycles. The molecule has 0 saturated carbocycles. The summed E-state index contributed by atoms with van der Waals surface area (Å²) >= 11 is 0. The molecule has 0 bridgehead atoms. The summed E-state index contributed by atoms with van der Waals surface area (Å²) < 4.78 is 12.5. The second-order valence-corrected chi connectivity index (χ2v) is 2.60. The Balaban J connectivity index is 2.87. The fraction of sp³-hybridized carbons (Fsp3) is 0.286. The number of rotatable bonds is 3. The molecule has 0 radical (unpaired) electrons. The van der Waals surface area contributed by atoms with E-state index >= 15 is 0 Å². The highest BCUT2D eigenvalue weighted by Gasteiger charge is 2.05. The van der Waals surface area contributed by atoms with Crippen LogP contribution in [0, 0.1) is 5.95 Å². The predicted molar refractivity (Wildman–Crippen MR) is 42.9 cm³/mol. The lowest BCUT2D eigenvalue weighted by Crippen LogP contribution is -2.39. The molecule has 0 aliphatic heterocycles. The van der Waals surface area contributed by atoms with E-state index in [4.69, 9.17) is 0 Å². The first-order chi connectivity index (χ1) is 6.49. The van der Waals surface area contributed by atoms with Crippen molar-refractivity contribution in [3.8, 4) is 0 Å². The quantitative estimate of drug-likeness (QED) is 0.576.